The second-order valence-electron chi connectivity index (χ2n) is 4.95. The van der Waals surface area contributed by atoms with Crippen molar-refractivity contribution in [3.8, 4) is 0 Å². The zero-order chi connectivity index (χ0) is 15.5. The first-order chi connectivity index (χ1) is 9.86. The quantitative estimate of drug-likeness (QED) is 0.919. The minimum atomic E-state index is -4.27. The predicted octanol–water partition coefficient (Wildman–Crippen LogP) is 2.31. The number of hydrogen-bond donors (Lipinski definition) is 1. The first-order valence-electron chi connectivity index (χ1n) is 6.50. The highest BCUT2D eigenvalue weighted by atomic mass is 19.4. The van der Waals surface area contributed by atoms with Gasteiger partial charge >= 0.3 is 6.18 Å². The molecule has 21 heavy (non-hydrogen) atoms. The normalized spacial score (nSPS) is 14.9. The van der Waals surface area contributed by atoms with E-state index in [1.165, 1.54) is 4.80 Å². The number of nitrogens with two attached hydrogens (primary N) is 1. The van der Waals surface area contributed by atoms with Crippen LogP contribution in [-0.2, 0) is 6.54 Å². The van der Waals surface area contributed by atoms with Crippen LogP contribution in [0.4, 0.5) is 13.2 Å². The fraction of sp³-hybridized carbons (Fsp3) is 0.462. The summed E-state index contributed by atoms with van der Waals surface area (Å²) in [6.45, 7) is 1.49. The Morgan fingerprint density at radius 2 is 1.90 bits per heavy atom. The molecule has 0 radical (unpaired) electrons. The molecule has 0 fully saturated rings. The van der Waals surface area contributed by atoms with Gasteiger partial charge in [0.25, 0.3) is 0 Å². The van der Waals surface area contributed by atoms with Crippen molar-refractivity contribution in [3.63, 3.8) is 0 Å². The first-order valence-corrected chi connectivity index (χ1v) is 6.50. The van der Waals surface area contributed by atoms with E-state index in [9.17, 15) is 13.2 Å². The van der Waals surface area contributed by atoms with E-state index in [1.807, 2.05) is 30.3 Å². The molecule has 1 heterocycles. The maximum atomic E-state index is 12.5. The number of tetrazole rings is 1. The number of aromatic nitrogens is 4. The van der Waals surface area contributed by atoms with Crippen molar-refractivity contribution in [2.24, 2.45) is 11.7 Å². The van der Waals surface area contributed by atoms with Gasteiger partial charge in [0.15, 0.2) is 5.82 Å². The molecule has 0 aliphatic rings. The monoisotopic (exact) mass is 299 g/mol. The third-order valence-electron chi connectivity index (χ3n) is 3.13. The van der Waals surface area contributed by atoms with Gasteiger partial charge in [-0.3, -0.25) is 0 Å². The molecule has 2 rings (SSSR count). The van der Waals surface area contributed by atoms with Crippen LogP contribution in [0.5, 0.6) is 0 Å². The predicted molar refractivity (Wildman–Crippen MR) is 70.1 cm³/mol. The maximum absolute atomic E-state index is 12.5. The fourth-order valence-corrected chi connectivity index (χ4v) is 1.84. The summed E-state index contributed by atoms with van der Waals surface area (Å²) in [6.07, 6.45) is -4.53. The Balaban J connectivity index is 1.99. The molecule has 0 amide bonds. The van der Waals surface area contributed by atoms with Crippen molar-refractivity contribution in [2.75, 3.05) is 0 Å². The summed E-state index contributed by atoms with van der Waals surface area (Å²) in [7, 11) is 0. The van der Waals surface area contributed by atoms with Gasteiger partial charge in [0, 0.05) is 0 Å². The molecule has 8 heteroatoms. The first kappa shape index (κ1) is 15.4. The molecule has 0 bridgehead atoms. The zero-order valence-electron chi connectivity index (χ0n) is 11.5. The van der Waals surface area contributed by atoms with Crippen molar-refractivity contribution < 1.29 is 13.2 Å². The summed E-state index contributed by atoms with van der Waals surface area (Å²) in [6, 6.07) is 8.56. The van der Waals surface area contributed by atoms with Crippen LogP contribution in [0.25, 0.3) is 0 Å². The second kappa shape index (κ2) is 6.21. The standard InChI is InChI=1S/C13H16F3N5/c1-9(13(14,15)16)7-11(17)12-18-20-21(19-12)8-10-5-3-2-4-6-10/h2-6,9,11H,7-8,17H2,1H3. The van der Waals surface area contributed by atoms with Gasteiger partial charge in [-0.25, -0.2) is 0 Å². The van der Waals surface area contributed by atoms with Crippen LogP contribution >= 0.6 is 0 Å². The van der Waals surface area contributed by atoms with Gasteiger partial charge < -0.3 is 5.73 Å². The highest BCUT2D eigenvalue weighted by Crippen LogP contribution is 2.31. The average molecular weight is 299 g/mol. The SMILES string of the molecule is CC(CC(N)c1nnn(Cc2ccccc2)n1)C(F)(F)F. The van der Waals surface area contributed by atoms with Crippen LogP contribution in [0.1, 0.15) is 30.8 Å². The number of benzene rings is 1. The highest BCUT2D eigenvalue weighted by molar-refractivity contribution is 5.14. The third-order valence-corrected chi connectivity index (χ3v) is 3.13. The molecule has 2 N–H and O–H groups in total. The number of halogens is 3. The van der Waals surface area contributed by atoms with Crippen LogP contribution in [0, 0.1) is 5.92 Å². The zero-order valence-corrected chi connectivity index (χ0v) is 11.5. The molecule has 5 nitrogen and oxygen atoms in total. The largest absolute Gasteiger partial charge is 0.391 e. The Bertz CT molecular complexity index is 567. The van der Waals surface area contributed by atoms with Crippen molar-refractivity contribution in [1.29, 1.82) is 0 Å². The van der Waals surface area contributed by atoms with Crippen molar-refractivity contribution in [3.05, 3.63) is 41.7 Å². The molecule has 0 aliphatic carbocycles. The van der Waals surface area contributed by atoms with E-state index < -0.39 is 18.1 Å². The molecule has 0 saturated carbocycles. The van der Waals surface area contributed by atoms with Gasteiger partial charge in [-0.2, -0.15) is 18.0 Å². The summed E-state index contributed by atoms with van der Waals surface area (Å²) in [5, 5.41) is 11.6. The summed E-state index contributed by atoms with van der Waals surface area (Å²) < 4.78 is 37.5. The summed E-state index contributed by atoms with van der Waals surface area (Å²) in [5.41, 5.74) is 6.69. The molecule has 1 aromatic heterocycles. The summed E-state index contributed by atoms with van der Waals surface area (Å²) >= 11 is 0. The third kappa shape index (κ3) is 4.25. The van der Waals surface area contributed by atoms with E-state index >= 15 is 0 Å². The van der Waals surface area contributed by atoms with Crippen LogP contribution < -0.4 is 5.73 Å². The van der Waals surface area contributed by atoms with Crippen LogP contribution in [0.15, 0.2) is 30.3 Å². The number of rotatable bonds is 5. The Morgan fingerprint density at radius 1 is 1.24 bits per heavy atom. The van der Waals surface area contributed by atoms with Gasteiger partial charge in [-0.1, -0.05) is 37.3 Å². The average Bonchev–Trinajstić information content (AvgIpc) is 2.87. The van der Waals surface area contributed by atoms with E-state index in [2.05, 4.69) is 15.4 Å². The Labute approximate surface area is 119 Å². The molecular weight excluding hydrogens is 283 g/mol. The van der Waals surface area contributed by atoms with Gasteiger partial charge in [0.05, 0.1) is 18.5 Å². The molecule has 2 atom stereocenters. The lowest BCUT2D eigenvalue weighted by molar-refractivity contribution is -0.172. The van der Waals surface area contributed by atoms with Gasteiger partial charge in [0.1, 0.15) is 0 Å². The molecule has 0 spiro atoms. The van der Waals surface area contributed by atoms with E-state index in [4.69, 9.17) is 5.73 Å². The van der Waals surface area contributed by atoms with Crippen LogP contribution in [-0.4, -0.2) is 26.4 Å². The fourth-order valence-electron chi connectivity index (χ4n) is 1.84. The number of hydrogen-bond acceptors (Lipinski definition) is 4. The lowest BCUT2D eigenvalue weighted by Gasteiger charge is -2.17. The Morgan fingerprint density at radius 3 is 2.52 bits per heavy atom. The lowest BCUT2D eigenvalue weighted by atomic mass is 10.0. The Hall–Kier alpha value is -1.96. The number of alkyl halides is 3. The maximum Gasteiger partial charge on any atom is 0.391 e. The second-order valence-corrected chi connectivity index (χ2v) is 4.95. The topological polar surface area (TPSA) is 69.6 Å². The van der Waals surface area contributed by atoms with Gasteiger partial charge in [0.2, 0.25) is 0 Å². The summed E-state index contributed by atoms with van der Waals surface area (Å²) in [4.78, 5) is 1.32. The molecule has 114 valence electrons. The lowest BCUT2D eigenvalue weighted by Crippen LogP contribution is -2.25. The highest BCUT2D eigenvalue weighted by Gasteiger charge is 2.37. The molecular formula is C13H16F3N5. The minimum Gasteiger partial charge on any atom is -0.321 e. The van der Waals surface area contributed by atoms with Crippen molar-refractivity contribution in [2.45, 2.75) is 32.1 Å². The van der Waals surface area contributed by atoms with Crippen molar-refractivity contribution >= 4 is 0 Å². The molecule has 0 saturated heterocycles. The Kier molecular flexibility index (Phi) is 4.56. The minimum absolute atomic E-state index is 0.127. The molecule has 2 unspecified atom stereocenters. The van der Waals surface area contributed by atoms with Crippen LogP contribution in [0.2, 0.25) is 0 Å². The van der Waals surface area contributed by atoms with Crippen molar-refractivity contribution in [1.82, 2.24) is 20.2 Å². The molecule has 0 aliphatic heterocycles. The molecule has 1 aromatic carbocycles. The van der Waals surface area contributed by atoms with E-state index in [0.29, 0.717) is 6.54 Å². The summed E-state index contributed by atoms with van der Waals surface area (Å²) in [5.74, 6) is -1.38. The van der Waals surface area contributed by atoms with Gasteiger partial charge in [-0.15, -0.1) is 10.2 Å². The van der Waals surface area contributed by atoms with E-state index in [0.717, 1.165) is 12.5 Å². The van der Waals surface area contributed by atoms with Gasteiger partial charge in [-0.05, 0) is 17.2 Å². The number of nitrogens with zero attached hydrogens (tertiary/aromatic N) is 4. The van der Waals surface area contributed by atoms with E-state index in [-0.39, 0.29) is 12.2 Å². The molecule has 2 aromatic rings. The van der Waals surface area contributed by atoms with E-state index in [1.54, 1.807) is 0 Å². The smallest absolute Gasteiger partial charge is 0.321 e. The van der Waals surface area contributed by atoms with Crippen LogP contribution in [0.3, 0.4) is 0 Å².